The molecule has 2 nitrogen and oxygen atoms in total. The lowest BCUT2D eigenvalue weighted by molar-refractivity contribution is 0.588. The van der Waals surface area contributed by atoms with Crippen LogP contribution in [-0.2, 0) is 6.42 Å². The summed E-state index contributed by atoms with van der Waals surface area (Å²) >= 11 is 5.79. The van der Waals surface area contributed by atoms with E-state index in [0.717, 1.165) is 0 Å². The molecule has 0 radical (unpaired) electrons. The van der Waals surface area contributed by atoms with Crippen LogP contribution in [0.25, 0.3) is 11.3 Å². The van der Waals surface area contributed by atoms with E-state index in [1.54, 1.807) is 0 Å². The molecule has 17 heavy (non-hydrogen) atoms. The largest absolute Gasteiger partial charge is 0.233 e. The Hall–Kier alpha value is -1.55. The topological polar surface area (TPSA) is 25.8 Å². The van der Waals surface area contributed by atoms with Crippen molar-refractivity contribution in [3.05, 3.63) is 46.9 Å². The first-order valence-electron chi connectivity index (χ1n) is 5.09. The molecule has 0 unspecified atom stereocenters. The maximum absolute atomic E-state index is 13.6. The zero-order chi connectivity index (χ0) is 12.4. The molecule has 1 aromatic heterocycles. The van der Waals surface area contributed by atoms with Crippen LogP contribution in [0.5, 0.6) is 0 Å². The predicted molar refractivity (Wildman–Crippen MR) is 61.8 cm³/mol. The smallest absolute Gasteiger partial charge is 0.135 e. The van der Waals surface area contributed by atoms with Crippen molar-refractivity contribution in [2.24, 2.45) is 0 Å². The molecule has 0 amide bonds. The van der Waals surface area contributed by atoms with Crippen molar-refractivity contribution in [3.63, 3.8) is 0 Å². The van der Waals surface area contributed by atoms with Crippen molar-refractivity contribution >= 4 is 11.6 Å². The second-order valence-electron chi connectivity index (χ2n) is 3.44. The Morgan fingerprint density at radius 1 is 1.18 bits per heavy atom. The van der Waals surface area contributed by atoms with E-state index < -0.39 is 11.6 Å². The Bertz CT molecular complexity index is 538. The average molecular weight is 255 g/mol. The maximum Gasteiger partial charge on any atom is 0.135 e. The SMILES string of the molecule is CCc1nc(Cl)cc(-c2c(F)cccc2F)n1. The number of nitrogens with zero attached hydrogens (tertiary/aromatic N) is 2. The van der Waals surface area contributed by atoms with Gasteiger partial charge in [0.2, 0.25) is 0 Å². The number of rotatable bonds is 2. The summed E-state index contributed by atoms with van der Waals surface area (Å²) in [5.41, 5.74) is -0.0102. The van der Waals surface area contributed by atoms with Crippen LogP contribution in [0, 0.1) is 11.6 Å². The van der Waals surface area contributed by atoms with Gasteiger partial charge in [0.25, 0.3) is 0 Å². The van der Waals surface area contributed by atoms with Gasteiger partial charge in [-0.25, -0.2) is 18.7 Å². The number of halogens is 3. The molecule has 1 aromatic carbocycles. The number of aryl methyl sites for hydroxylation is 1. The molecule has 1 heterocycles. The minimum Gasteiger partial charge on any atom is -0.233 e. The maximum atomic E-state index is 13.6. The second-order valence-corrected chi connectivity index (χ2v) is 3.83. The fraction of sp³-hybridized carbons (Fsp3) is 0.167. The molecule has 0 spiro atoms. The highest BCUT2D eigenvalue weighted by molar-refractivity contribution is 6.29. The van der Waals surface area contributed by atoms with Crippen molar-refractivity contribution in [2.75, 3.05) is 0 Å². The summed E-state index contributed by atoms with van der Waals surface area (Å²) in [6, 6.07) is 5.01. The lowest BCUT2D eigenvalue weighted by Crippen LogP contribution is -1.98. The zero-order valence-corrected chi connectivity index (χ0v) is 9.80. The molecular weight excluding hydrogens is 246 g/mol. The van der Waals surface area contributed by atoms with Gasteiger partial charge in [0.15, 0.2) is 0 Å². The van der Waals surface area contributed by atoms with Crippen LogP contribution in [0.4, 0.5) is 8.78 Å². The summed E-state index contributed by atoms with van der Waals surface area (Å²) in [7, 11) is 0. The summed E-state index contributed by atoms with van der Waals surface area (Å²) in [4.78, 5) is 8.02. The Labute approximate surface area is 102 Å². The molecule has 5 heteroatoms. The first kappa shape index (κ1) is 11.9. The Morgan fingerprint density at radius 3 is 2.41 bits per heavy atom. The minimum atomic E-state index is -0.665. The van der Waals surface area contributed by atoms with Gasteiger partial charge in [-0.15, -0.1) is 0 Å². The van der Waals surface area contributed by atoms with Crippen LogP contribution in [0.3, 0.4) is 0 Å². The Morgan fingerprint density at radius 2 is 1.82 bits per heavy atom. The molecule has 0 bridgehead atoms. The van der Waals surface area contributed by atoms with Crippen molar-refractivity contribution in [1.29, 1.82) is 0 Å². The van der Waals surface area contributed by atoms with Crippen LogP contribution >= 0.6 is 11.6 Å². The van der Waals surface area contributed by atoms with Crippen LogP contribution in [-0.4, -0.2) is 9.97 Å². The molecule has 0 atom stereocenters. The zero-order valence-electron chi connectivity index (χ0n) is 9.04. The van der Waals surface area contributed by atoms with E-state index in [0.29, 0.717) is 12.2 Å². The Balaban J connectivity index is 2.64. The highest BCUT2D eigenvalue weighted by Crippen LogP contribution is 2.25. The minimum absolute atomic E-state index is 0.164. The van der Waals surface area contributed by atoms with E-state index in [1.165, 1.54) is 24.3 Å². The summed E-state index contributed by atoms with van der Waals surface area (Å²) < 4.78 is 27.1. The van der Waals surface area contributed by atoms with E-state index in [1.807, 2.05) is 6.92 Å². The van der Waals surface area contributed by atoms with Crippen LogP contribution in [0.2, 0.25) is 5.15 Å². The predicted octanol–water partition coefficient (Wildman–Crippen LogP) is 3.64. The average Bonchev–Trinajstić information content (AvgIpc) is 2.28. The quantitative estimate of drug-likeness (QED) is 0.765. The lowest BCUT2D eigenvalue weighted by atomic mass is 10.1. The fourth-order valence-corrected chi connectivity index (χ4v) is 1.69. The van der Waals surface area contributed by atoms with Gasteiger partial charge in [-0.1, -0.05) is 24.6 Å². The molecule has 2 rings (SSSR count). The number of benzene rings is 1. The molecule has 0 aliphatic carbocycles. The number of aromatic nitrogens is 2. The van der Waals surface area contributed by atoms with Gasteiger partial charge in [-0.05, 0) is 12.1 Å². The Kier molecular flexibility index (Phi) is 3.33. The third kappa shape index (κ3) is 2.42. The summed E-state index contributed by atoms with van der Waals surface area (Å²) in [6.07, 6.45) is 0.545. The standard InChI is InChI=1S/C12H9ClF2N2/c1-2-11-16-9(6-10(13)17-11)12-7(14)4-3-5-8(12)15/h3-6H,2H2,1H3. The molecule has 0 aliphatic rings. The van der Waals surface area contributed by atoms with Gasteiger partial charge in [-0.2, -0.15) is 0 Å². The summed E-state index contributed by atoms with van der Waals surface area (Å²) in [5.74, 6) is -0.876. The summed E-state index contributed by atoms with van der Waals surface area (Å²) in [5, 5.41) is 0.175. The second kappa shape index (κ2) is 4.75. The highest BCUT2D eigenvalue weighted by Gasteiger charge is 2.14. The van der Waals surface area contributed by atoms with E-state index in [2.05, 4.69) is 9.97 Å². The van der Waals surface area contributed by atoms with Crippen LogP contribution < -0.4 is 0 Å². The first-order valence-corrected chi connectivity index (χ1v) is 5.47. The van der Waals surface area contributed by atoms with Gasteiger partial charge >= 0.3 is 0 Å². The third-order valence-electron chi connectivity index (χ3n) is 2.28. The number of hydrogen-bond acceptors (Lipinski definition) is 2. The van der Waals surface area contributed by atoms with Crippen LogP contribution in [0.15, 0.2) is 24.3 Å². The van der Waals surface area contributed by atoms with Gasteiger partial charge in [0.1, 0.15) is 22.6 Å². The lowest BCUT2D eigenvalue weighted by Gasteiger charge is -2.06. The third-order valence-corrected chi connectivity index (χ3v) is 2.47. The highest BCUT2D eigenvalue weighted by atomic mass is 35.5. The van der Waals surface area contributed by atoms with Crippen molar-refractivity contribution < 1.29 is 8.78 Å². The van der Waals surface area contributed by atoms with Gasteiger partial charge < -0.3 is 0 Å². The van der Waals surface area contributed by atoms with E-state index in [4.69, 9.17) is 11.6 Å². The van der Waals surface area contributed by atoms with Crippen molar-refractivity contribution in [1.82, 2.24) is 9.97 Å². The normalized spacial score (nSPS) is 10.6. The van der Waals surface area contributed by atoms with Crippen molar-refractivity contribution in [2.45, 2.75) is 13.3 Å². The monoisotopic (exact) mass is 254 g/mol. The van der Waals surface area contributed by atoms with Crippen LogP contribution in [0.1, 0.15) is 12.7 Å². The molecule has 0 N–H and O–H groups in total. The molecule has 0 fully saturated rings. The summed E-state index contributed by atoms with van der Waals surface area (Å²) in [6.45, 7) is 1.84. The van der Waals surface area contributed by atoms with Gasteiger partial charge in [-0.3, -0.25) is 0 Å². The molecule has 0 saturated carbocycles. The van der Waals surface area contributed by atoms with E-state index in [9.17, 15) is 8.78 Å². The first-order chi connectivity index (χ1) is 8.11. The van der Waals surface area contributed by atoms with Gasteiger partial charge in [0.05, 0.1) is 11.3 Å². The van der Waals surface area contributed by atoms with E-state index in [-0.39, 0.29) is 16.4 Å². The van der Waals surface area contributed by atoms with Gasteiger partial charge in [0, 0.05) is 12.5 Å². The molecule has 2 aromatic rings. The molecule has 88 valence electrons. The molecular formula is C12H9ClF2N2. The fourth-order valence-electron chi connectivity index (χ4n) is 1.49. The van der Waals surface area contributed by atoms with E-state index >= 15 is 0 Å². The molecule has 0 saturated heterocycles. The number of hydrogen-bond donors (Lipinski definition) is 0. The van der Waals surface area contributed by atoms with Crippen molar-refractivity contribution in [3.8, 4) is 11.3 Å². The molecule has 0 aliphatic heterocycles.